The first-order valence-electron chi connectivity index (χ1n) is 6.62. The van der Waals surface area contributed by atoms with Gasteiger partial charge in [0, 0.05) is 10.6 Å². The maximum atomic E-state index is 13.0. The smallest absolute Gasteiger partial charge is 0.388 e. The van der Waals surface area contributed by atoms with Crippen LogP contribution in [0.2, 0.25) is 5.02 Å². The number of allylic oxidation sites excluding steroid dienone is 1. The van der Waals surface area contributed by atoms with Gasteiger partial charge in [0.15, 0.2) is 0 Å². The van der Waals surface area contributed by atoms with E-state index in [0.29, 0.717) is 0 Å². The molecule has 0 saturated carbocycles. The van der Waals surface area contributed by atoms with Gasteiger partial charge in [0.2, 0.25) is 0 Å². The summed E-state index contributed by atoms with van der Waals surface area (Å²) in [5.41, 5.74) is -0.672. The predicted octanol–water partition coefficient (Wildman–Crippen LogP) is 5.21. The van der Waals surface area contributed by atoms with E-state index in [1.807, 2.05) is 12.2 Å². The predicted molar refractivity (Wildman–Crippen MR) is 76.5 cm³/mol. The van der Waals surface area contributed by atoms with E-state index in [0.717, 1.165) is 25.3 Å². The minimum Gasteiger partial charge on any atom is -0.388 e. The van der Waals surface area contributed by atoms with E-state index < -0.39 is 11.7 Å². The Morgan fingerprint density at radius 2 is 2.14 bits per heavy atom. The van der Waals surface area contributed by atoms with E-state index in [-0.39, 0.29) is 22.4 Å². The zero-order valence-corrected chi connectivity index (χ0v) is 12.2. The Labute approximate surface area is 126 Å². The molecule has 0 heterocycles. The molecule has 1 aromatic rings. The summed E-state index contributed by atoms with van der Waals surface area (Å²) >= 11 is 5.79. The molecular weight excluding hydrogens is 303 g/mol. The zero-order chi connectivity index (χ0) is 15.5. The van der Waals surface area contributed by atoms with Gasteiger partial charge in [0.05, 0.1) is 11.3 Å². The molecule has 0 saturated heterocycles. The van der Waals surface area contributed by atoms with Crippen molar-refractivity contribution >= 4 is 17.3 Å². The lowest BCUT2D eigenvalue weighted by atomic mass is 10.0. The molecule has 1 aliphatic rings. The molecule has 1 aromatic carbocycles. The monoisotopic (exact) mass is 317 g/mol. The van der Waals surface area contributed by atoms with Crippen LogP contribution in [0, 0.1) is 0 Å². The lowest BCUT2D eigenvalue weighted by molar-refractivity contribution is -0.137. The molecule has 0 amide bonds. The highest BCUT2D eigenvalue weighted by Gasteiger charge is 2.34. The molecule has 21 heavy (non-hydrogen) atoms. The second-order valence-electron chi connectivity index (χ2n) is 4.87. The molecule has 114 valence electrons. The van der Waals surface area contributed by atoms with Crippen LogP contribution in [-0.4, -0.2) is 11.8 Å². The average molecular weight is 318 g/mol. The van der Waals surface area contributed by atoms with E-state index in [1.165, 1.54) is 19.1 Å². The Kier molecular flexibility index (Phi) is 4.93. The zero-order valence-electron chi connectivity index (χ0n) is 11.5. The van der Waals surface area contributed by atoms with Gasteiger partial charge in [-0.15, -0.1) is 0 Å². The largest absolute Gasteiger partial charge is 0.417 e. The van der Waals surface area contributed by atoms with Gasteiger partial charge >= 0.3 is 6.18 Å². The number of halogens is 4. The molecule has 0 radical (unpaired) electrons. The van der Waals surface area contributed by atoms with Gasteiger partial charge in [0.1, 0.15) is 6.10 Å². The summed E-state index contributed by atoms with van der Waals surface area (Å²) in [6.07, 6.45) is 2.02. The summed E-state index contributed by atoms with van der Waals surface area (Å²) in [5, 5.41) is 4.07. The van der Waals surface area contributed by atoms with Crippen molar-refractivity contribution in [1.82, 2.24) is 0 Å². The van der Waals surface area contributed by atoms with E-state index >= 15 is 0 Å². The summed E-state index contributed by atoms with van der Waals surface area (Å²) in [6, 6.07) is 3.42. The van der Waals surface area contributed by atoms with Crippen molar-refractivity contribution in [1.29, 1.82) is 0 Å². The molecule has 0 N–H and O–H groups in total. The van der Waals surface area contributed by atoms with Gasteiger partial charge in [-0.05, 0) is 50.5 Å². The van der Waals surface area contributed by atoms with Crippen LogP contribution in [0.5, 0.6) is 0 Å². The molecule has 1 unspecified atom stereocenters. The first kappa shape index (κ1) is 15.9. The molecule has 0 spiro atoms. The van der Waals surface area contributed by atoms with Gasteiger partial charge < -0.3 is 4.84 Å². The van der Waals surface area contributed by atoms with Crippen molar-refractivity contribution in [3.8, 4) is 0 Å². The van der Waals surface area contributed by atoms with Crippen LogP contribution in [0.25, 0.3) is 0 Å². The first-order valence-corrected chi connectivity index (χ1v) is 7.00. The minimum atomic E-state index is -4.46. The van der Waals surface area contributed by atoms with Crippen LogP contribution in [-0.2, 0) is 11.0 Å². The summed E-state index contributed by atoms with van der Waals surface area (Å²) < 4.78 is 39.0. The number of nitrogens with zero attached hydrogens (tertiary/aromatic N) is 1. The van der Waals surface area contributed by atoms with Crippen LogP contribution >= 0.6 is 11.6 Å². The van der Waals surface area contributed by atoms with Crippen LogP contribution in [0.4, 0.5) is 13.2 Å². The third kappa shape index (κ3) is 4.24. The second kappa shape index (κ2) is 6.52. The third-order valence-corrected chi connectivity index (χ3v) is 3.45. The van der Waals surface area contributed by atoms with Crippen molar-refractivity contribution < 1.29 is 18.0 Å². The Hall–Kier alpha value is -1.49. The van der Waals surface area contributed by atoms with Crippen molar-refractivity contribution in [2.24, 2.45) is 5.16 Å². The maximum Gasteiger partial charge on any atom is 0.417 e. The molecule has 0 bridgehead atoms. The molecule has 0 aromatic heterocycles. The SMILES string of the molecule is CC(=NOC1C=CCCC1)c1cc(Cl)ccc1C(F)(F)F. The standard InChI is InChI=1S/C15H15ClF3NO/c1-10(20-21-12-5-3-2-4-6-12)13-9-11(16)7-8-14(13)15(17,18)19/h3,5,7-9,12H,2,4,6H2,1H3. The Morgan fingerprint density at radius 3 is 2.76 bits per heavy atom. The highest BCUT2D eigenvalue weighted by molar-refractivity contribution is 6.31. The van der Waals surface area contributed by atoms with Crippen LogP contribution in [0.15, 0.2) is 35.5 Å². The van der Waals surface area contributed by atoms with Crippen LogP contribution in [0.3, 0.4) is 0 Å². The molecular formula is C15H15ClF3NO. The Morgan fingerprint density at radius 1 is 1.38 bits per heavy atom. The molecule has 2 rings (SSSR count). The number of benzene rings is 1. The number of rotatable bonds is 3. The lowest BCUT2D eigenvalue weighted by Gasteiger charge is -2.16. The second-order valence-corrected chi connectivity index (χ2v) is 5.30. The highest BCUT2D eigenvalue weighted by Crippen LogP contribution is 2.33. The summed E-state index contributed by atoms with van der Waals surface area (Å²) in [7, 11) is 0. The quantitative estimate of drug-likeness (QED) is 0.426. The van der Waals surface area contributed by atoms with E-state index in [2.05, 4.69) is 5.16 Å². The Bertz CT molecular complexity index is 567. The number of oxime groups is 1. The van der Waals surface area contributed by atoms with Crippen LogP contribution < -0.4 is 0 Å². The van der Waals surface area contributed by atoms with Crippen molar-refractivity contribution in [3.63, 3.8) is 0 Å². The van der Waals surface area contributed by atoms with E-state index in [4.69, 9.17) is 16.4 Å². The fourth-order valence-electron chi connectivity index (χ4n) is 2.13. The van der Waals surface area contributed by atoms with Crippen molar-refractivity contribution in [2.75, 3.05) is 0 Å². The first-order chi connectivity index (χ1) is 9.88. The van der Waals surface area contributed by atoms with E-state index in [9.17, 15) is 13.2 Å². The molecule has 0 aliphatic heterocycles. The van der Waals surface area contributed by atoms with Gasteiger partial charge in [-0.2, -0.15) is 13.2 Å². The fourth-order valence-corrected chi connectivity index (χ4v) is 2.30. The minimum absolute atomic E-state index is 0.0604. The van der Waals surface area contributed by atoms with Crippen molar-refractivity contribution in [3.05, 3.63) is 46.5 Å². The average Bonchev–Trinajstić information content (AvgIpc) is 2.44. The molecule has 1 atom stereocenters. The highest BCUT2D eigenvalue weighted by atomic mass is 35.5. The van der Waals surface area contributed by atoms with Gasteiger partial charge in [-0.25, -0.2) is 0 Å². The lowest BCUT2D eigenvalue weighted by Crippen LogP contribution is -2.14. The fraction of sp³-hybridized carbons (Fsp3) is 0.400. The van der Waals surface area contributed by atoms with Gasteiger partial charge in [-0.1, -0.05) is 22.8 Å². The number of hydrogen-bond donors (Lipinski definition) is 0. The van der Waals surface area contributed by atoms with E-state index in [1.54, 1.807) is 0 Å². The number of alkyl halides is 3. The maximum absolute atomic E-state index is 13.0. The molecule has 0 fully saturated rings. The normalized spacial score (nSPS) is 19.7. The van der Waals surface area contributed by atoms with Crippen molar-refractivity contribution in [2.45, 2.75) is 38.5 Å². The summed E-state index contributed by atoms with van der Waals surface area (Å²) in [4.78, 5) is 5.30. The van der Waals surface area contributed by atoms with Gasteiger partial charge in [-0.3, -0.25) is 0 Å². The van der Waals surface area contributed by atoms with Gasteiger partial charge in [0.25, 0.3) is 0 Å². The summed E-state index contributed by atoms with van der Waals surface area (Å²) in [6.45, 7) is 1.48. The number of hydrogen-bond acceptors (Lipinski definition) is 2. The third-order valence-electron chi connectivity index (χ3n) is 3.21. The topological polar surface area (TPSA) is 21.6 Å². The molecule has 1 aliphatic carbocycles. The molecule has 6 heteroatoms. The Balaban J connectivity index is 2.25. The van der Waals surface area contributed by atoms with Crippen LogP contribution in [0.1, 0.15) is 37.3 Å². The molecule has 2 nitrogen and oxygen atoms in total. The summed E-state index contributed by atoms with van der Waals surface area (Å²) in [5.74, 6) is 0.